The lowest BCUT2D eigenvalue weighted by Crippen LogP contribution is -2.61. The molecule has 0 bridgehead atoms. The van der Waals surface area contributed by atoms with Gasteiger partial charge in [-0.2, -0.15) is 0 Å². The molecule has 0 radical (unpaired) electrons. The van der Waals surface area contributed by atoms with Crippen molar-refractivity contribution in [3.63, 3.8) is 0 Å². The first kappa shape index (κ1) is 22.1. The molecule has 0 heterocycles. The number of fused-ring (bicyclic) bond motifs is 5. The quantitative estimate of drug-likeness (QED) is 0.604. The number of hydrogen-bond donors (Lipinski definition) is 3. The summed E-state index contributed by atoms with van der Waals surface area (Å²) >= 11 is 0. The molecule has 3 heteroatoms. The van der Waals surface area contributed by atoms with Crippen LogP contribution in [0.2, 0.25) is 0 Å². The van der Waals surface area contributed by atoms with Crippen LogP contribution in [0.4, 0.5) is 0 Å². The summed E-state index contributed by atoms with van der Waals surface area (Å²) in [7, 11) is 0. The largest absolute Gasteiger partial charge is 0.393 e. The molecule has 0 amide bonds. The summed E-state index contributed by atoms with van der Waals surface area (Å²) in [5, 5.41) is 33.1. The maximum atomic E-state index is 11.6. The monoisotopic (exact) mass is 406 g/mol. The Labute approximate surface area is 178 Å². The van der Waals surface area contributed by atoms with E-state index in [4.69, 9.17) is 0 Å². The molecule has 0 saturated heterocycles. The first-order valence-electron chi connectivity index (χ1n) is 12.6. The third-order valence-corrected chi connectivity index (χ3v) is 10.7. The third-order valence-electron chi connectivity index (χ3n) is 10.7. The molecule has 168 valence electrons. The molecule has 0 aromatic rings. The van der Waals surface area contributed by atoms with Gasteiger partial charge in [-0.25, -0.2) is 0 Å². The van der Waals surface area contributed by atoms with E-state index in [9.17, 15) is 15.3 Å². The van der Waals surface area contributed by atoms with E-state index in [0.29, 0.717) is 40.9 Å². The van der Waals surface area contributed by atoms with Crippen LogP contribution >= 0.6 is 0 Å². The fourth-order valence-corrected chi connectivity index (χ4v) is 8.97. The molecule has 3 N–H and O–H groups in total. The Kier molecular flexibility index (Phi) is 5.70. The van der Waals surface area contributed by atoms with E-state index < -0.39 is 5.60 Å². The highest BCUT2D eigenvalue weighted by Crippen LogP contribution is 2.68. The minimum Gasteiger partial charge on any atom is -0.393 e. The Morgan fingerprint density at radius 2 is 1.72 bits per heavy atom. The molecule has 4 rings (SSSR count). The molecule has 4 saturated carbocycles. The van der Waals surface area contributed by atoms with E-state index in [2.05, 4.69) is 20.8 Å². The summed E-state index contributed by atoms with van der Waals surface area (Å²) in [6, 6.07) is 0. The van der Waals surface area contributed by atoms with Crippen molar-refractivity contribution in [2.45, 2.75) is 117 Å². The van der Waals surface area contributed by atoms with Crippen LogP contribution in [0.1, 0.15) is 98.8 Å². The SMILES string of the molecule is CC(CCC(C)(C)O)C1CCC2C3C(O)CC4CCCCC4(C)C3CC(O)C12C. The van der Waals surface area contributed by atoms with Gasteiger partial charge in [0.05, 0.1) is 17.8 Å². The van der Waals surface area contributed by atoms with Gasteiger partial charge < -0.3 is 15.3 Å². The Morgan fingerprint density at radius 1 is 1.00 bits per heavy atom. The highest BCUT2D eigenvalue weighted by Gasteiger charge is 2.65. The Hall–Kier alpha value is -0.120. The van der Waals surface area contributed by atoms with E-state index in [-0.39, 0.29) is 17.6 Å². The van der Waals surface area contributed by atoms with E-state index in [1.165, 1.54) is 32.1 Å². The van der Waals surface area contributed by atoms with Gasteiger partial charge in [-0.15, -0.1) is 0 Å². The number of hydrogen-bond acceptors (Lipinski definition) is 3. The molecule has 10 atom stereocenters. The number of aliphatic hydroxyl groups excluding tert-OH is 2. The predicted octanol–water partition coefficient (Wildman–Crippen LogP) is 5.16. The summed E-state index contributed by atoms with van der Waals surface area (Å²) in [6.45, 7) is 11.0. The van der Waals surface area contributed by atoms with Crippen LogP contribution < -0.4 is 0 Å². The summed E-state index contributed by atoms with van der Waals surface area (Å²) in [6.07, 6.45) is 10.8. The zero-order valence-electron chi connectivity index (χ0n) is 19.5. The molecule has 4 aliphatic carbocycles. The van der Waals surface area contributed by atoms with E-state index in [1.807, 2.05) is 13.8 Å². The van der Waals surface area contributed by atoms with Crippen molar-refractivity contribution < 1.29 is 15.3 Å². The van der Waals surface area contributed by atoms with Crippen LogP contribution in [0.5, 0.6) is 0 Å². The van der Waals surface area contributed by atoms with Crippen molar-refractivity contribution in [2.75, 3.05) is 0 Å². The van der Waals surface area contributed by atoms with Crippen LogP contribution in [0, 0.1) is 46.3 Å². The molecule has 0 aliphatic heterocycles. The van der Waals surface area contributed by atoms with Crippen LogP contribution in [0.15, 0.2) is 0 Å². The normalized spacial score (nSPS) is 51.1. The third kappa shape index (κ3) is 3.52. The molecule has 4 fully saturated rings. The molecule has 0 aromatic carbocycles. The van der Waals surface area contributed by atoms with Gasteiger partial charge in [0.2, 0.25) is 0 Å². The predicted molar refractivity (Wildman–Crippen MR) is 117 cm³/mol. The first-order valence-corrected chi connectivity index (χ1v) is 12.6. The van der Waals surface area contributed by atoms with Crippen LogP contribution in [0.25, 0.3) is 0 Å². The van der Waals surface area contributed by atoms with Gasteiger partial charge >= 0.3 is 0 Å². The zero-order valence-corrected chi connectivity index (χ0v) is 19.5. The van der Waals surface area contributed by atoms with Crippen molar-refractivity contribution in [1.29, 1.82) is 0 Å². The lowest BCUT2D eigenvalue weighted by atomic mass is 9.43. The molecular formula is C26H46O3. The topological polar surface area (TPSA) is 60.7 Å². The Morgan fingerprint density at radius 3 is 2.41 bits per heavy atom. The maximum Gasteiger partial charge on any atom is 0.0602 e. The maximum absolute atomic E-state index is 11.6. The second-order valence-corrected chi connectivity index (χ2v) is 12.7. The van der Waals surface area contributed by atoms with Crippen LogP contribution in [0.3, 0.4) is 0 Å². The molecule has 29 heavy (non-hydrogen) atoms. The lowest BCUT2D eigenvalue weighted by molar-refractivity contribution is -0.201. The average molecular weight is 407 g/mol. The fourth-order valence-electron chi connectivity index (χ4n) is 8.97. The van der Waals surface area contributed by atoms with Gasteiger partial charge in [-0.1, -0.05) is 33.6 Å². The van der Waals surface area contributed by atoms with Gasteiger partial charge in [-0.05, 0) is 112 Å². The van der Waals surface area contributed by atoms with Crippen LogP contribution in [-0.4, -0.2) is 33.1 Å². The highest BCUT2D eigenvalue weighted by atomic mass is 16.3. The van der Waals surface area contributed by atoms with Crippen molar-refractivity contribution in [1.82, 2.24) is 0 Å². The van der Waals surface area contributed by atoms with Crippen molar-refractivity contribution in [3.8, 4) is 0 Å². The standard InChI is InChI=1S/C26H46O3/c1-16(11-13-24(2,3)29)18-9-10-19-23-20(15-22(28)26(18,19)5)25(4)12-7-6-8-17(25)14-21(23)27/h16-23,27-29H,6-15H2,1-5H3. The van der Waals surface area contributed by atoms with Crippen molar-refractivity contribution >= 4 is 0 Å². The average Bonchev–Trinajstić information content (AvgIpc) is 2.99. The van der Waals surface area contributed by atoms with E-state index >= 15 is 0 Å². The highest BCUT2D eigenvalue weighted by molar-refractivity contribution is 5.14. The molecule has 4 aliphatic rings. The molecule has 3 nitrogen and oxygen atoms in total. The smallest absolute Gasteiger partial charge is 0.0602 e. The van der Waals surface area contributed by atoms with Crippen molar-refractivity contribution in [2.24, 2.45) is 46.3 Å². The van der Waals surface area contributed by atoms with Crippen LogP contribution in [-0.2, 0) is 0 Å². The summed E-state index contributed by atoms with van der Waals surface area (Å²) < 4.78 is 0. The first-order chi connectivity index (χ1) is 13.5. The van der Waals surface area contributed by atoms with Gasteiger partial charge in [0.15, 0.2) is 0 Å². The van der Waals surface area contributed by atoms with Gasteiger partial charge in [0.1, 0.15) is 0 Å². The Balaban J connectivity index is 1.59. The molecule has 10 unspecified atom stereocenters. The fraction of sp³-hybridized carbons (Fsp3) is 1.00. The van der Waals surface area contributed by atoms with E-state index in [1.54, 1.807) is 0 Å². The minimum absolute atomic E-state index is 0.0843. The minimum atomic E-state index is -0.617. The summed E-state index contributed by atoms with van der Waals surface area (Å²) in [5.41, 5.74) is -0.387. The van der Waals surface area contributed by atoms with Gasteiger partial charge in [-0.3, -0.25) is 0 Å². The second-order valence-electron chi connectivity index (χ2n) is 12.7. The molecular weight excluding hydrogens is 360 g/mol. The summed E-state index contributed by atoms with van der Waals surface area (Å²) in [4.78, 5) is 0. The van der Waals surface area contributed by atoms with Gasteiger partial charge in [0.25, 0.3) is 0 Å². The molecule has 0 spiro atoms. The lowest BCUT2D eigenvalue weighted by Gasteiger charge is -2.63. The Bertz CT molecular complexity index is 597. The number of aliphatic hydroxyl groups is 3. The zero-order chi connectivity index (χ0) is 21.2. The number of rotatable bonds is 4. The summed E-state index contributed by atoms with van der Waals surface area (Å²) in [5.74, 6) is 2.94. The molecule has 0 aromatic heterocycles. The van der Waals surface area contributed by atoms with Gasteiger partial charge in [0, 0.05) is 0 Å². The van der Waals surface area contributed by atoms with Crippen molar-refractivity contribution in [3.05, 3.63) is 0 Å². The van der Waals surface area contributed by atoms with E-state index in [0.717, 1.165) is 32.1 Å². The second kappa shape index (κ2) is 7.48.